The van der Waals surface area contributed by atoms with Crippen LogP contribution >= 0.6 is 0 Å². The van der Waals surface area contributed by atoms with Gasteiger partial charge < -0.3 is 15.7 Å². The summed E-state index contributed by atoms with van der Waals surface area (Å²) in [7, 11) is 0. The summed E-state index contributed by atoms with van der Waals surface area (Å²) >= 11 is 0. The second-order valence-electron chi connectivity index (χ2n) is 5.63. The maximum atomic E-state index is 13.7. The van der Waals surface area contributed by atoms with E-state index in [-0.39, 0.29) is 17.7 Å². The highest BCUT2D eigenvalue weighted by Gasteiger charge is 2.20. The summed E-state index contributed by atoms with van der Waals surface area (Å²) in [4.78, 5) is 3.99. The summed E-state index contributed by atoms with van der Waals surface area (Å²) in [5, 5.41) is 15.3. The van der Waals surface area contributed by atoms with Crippen LogP contribution in [0, 0.1) is 17.6 Å². The Morgan fingerprint density at radius 1 is 1.14 bits per heavy atom. The molecule has 1 aromatic rings. The number of hydrogen-bond acceptors (Lipinski definition) is 4. The number of hydrogen-bond donors (Lipinski definition) is 3. The average molecular weight is 299 g/mol. The van der Waals surface area contributed by atoms with Crippen molar-refractivity contribution in [3.05, 3.63) is 17.7 Å². The Balaban J connectivity index is 1.95. The first-order valence-corrected chi connectivity index (χ1v) is 7.62. The lowest BCUT2D eigenvalue weighted by Gasteiger charge is -2.25. The molecule has 118 valence electrons. The predicted octanol–water partition coefficient (Wildman–Crippen LogP) is 3.14. The van der Waals surface area contributed by atoms with Crippen LogP contribution in [0.15, 0.2) is 6.07 Å². The molecule has 4 nitrogen and oxygen atoms in total. The van der Waals surface area contributed by atoms with Crippen LogP contribution in [0.1, 0.15) is 39.0 Å². The maximum Gasteiger partial charge on any atom is 0.168 e. The summed E-state index contributed by atoms with van der Waals surface area (Å²) < 4.78 is 27.3. The molecule has 0 spiro atoms. The highest BCUT2D eigenvalue weighted by molar-refractivity contribution is 5.47. The van der Waals surface area contributed by atoms with Crippen LogP contribution in [-0.2, 0) is 0 Å². The Morgan fingerprint density at radius 3 is 2.38 bits per heavy atom. The van der Waals surface area contributed by atoms with E-state index in [9.17, 15) is 13.9 Å². The van der Waals surface area contributed by atoms with Gasteiger partial charge in [-0.3, -0.25) is 0 Å². The number of halogens is 2. The number of aromatic nitrogens is 1. The normalized spacial score (nSPS) is 22.1. The van der Waals surface area contributed by atoms with Crippen molar-refractivity contribution in [2.24, 2.45) is 5.92 Å². The van der Waals surface area contributed by atoms with E-state index >= 15 is 0 Å². The number of aliphatic hydroxyl groups excluding tert-OH is 1. The van der Waals surface area contributed by atoms with Crippen LogP contribution in [0.3, 0.4) is 0 Å². The zero-order valence-corrected chi connectivity index (χ0v) is 12.3. The van der Waals surface area contributed by atoms with Gasteiger partial charge >= 0.3 is 0 Å². The van der Waals surface area contributed by atoms with Crippen LogP contribution in [-0.4, -0.2) is 29.3 Å². The first-order valence-electron chi connectivity index (χ1n) is 7.62. The van der Waals surface area contributed by atoms with Gasteiger partial charge in [-0.1, -0.05) is 6.92 Å². The van der Waals surface area contributed by atoms with Gasteiger partial charge in [-0.2, -0.15) is 0 Å². The van der Waals surface area contributed by atoms with Crippen LogP contribution in [0.5, 0.6) is 0 Å². The van der Waals surface area contributed by atoms with Gasteiger partial charge in [0.2, 0.25) is 0 Å². The Labute approximate surface area is 124 Å². The third-order valence-electron chi connectivity index (χ3n) is 3.85. The van der Waals surface area contributed by atoms with Gasteiger partial charge in [-0.15, -0.1) is 0 Å². The molecule has 3 N–H and O–H groups in total. The number of nitrogens with zero attached hydrogens (tertiary/aromatic N) is 1. The highest BCUT2D eigenvalue weighted by Crippen LogP contribution is 2.25. The Hall–Kier alpha value is -1.43. The van der Waals surface area contributed by atoms with Crippen molar-refractivity contribution in [1.29, 1.82) is 0 Å². The third kappa shape index (κ3) is 4.52. The standard InChI is InChI=1S/C15H23F2N3O/c1-2-7-18-14-12(16)8-13(17)15(20-14)19-9-10-3-5-11(21)6-4-10/h8,10-11,21H,2-7,9H2,1H3,(H2,18,19,20). The Bertz CT molecular complexity index is 462. The van der Waals surface area contributed by atoms with Gasteiger partial charge in [-0.25, -0.2) is 13.8 Å². The quantitative estimate of drug-likeness (QED) is 0.755. The predicted molar refractivity (Wildman–Crippen MR) is 79.4 cm³/mol. The number of aliphatic hydroxyl groups is 1. The van der Waals surface area contributed by atoms with Crippen molar-refractivity contribution in [1.82, 2.24) is 4.98 Å². The Morgan fingerprint density at radius 2 is 1.76 bits per heavy atom. The van der Waals surface area contributed by atoms with Crippen LogP contribution in [0.4, 0.5) is 20.4 Å². The summed E-state index contributed by atoms with van der Waals surface area (Å²) in [6.45, 7) is 3.15. The van der Waals surface area contributed by atoms with Gasteiger partial charge in [0.1, 0.15) is 0 Å². The molecule has 1 saturated carbocycles. The van der Waals surface area contributed by atoms with Crippen LogP contribution in [0.2, 0.25) is 0 Å². The number of nitrogens with one attached hydrogen (secondary N) is 2. The fourth-order valence-corrected chi connectivity index (χ4v) is 2.55. The van der Waals surface area contributed by atoms with Gasteiger partial charge in [0, 0.05) is 19.2 Å². The van der Waals surface area contributed by atoms with Gasteiger partial charge in [0.15, 0.2) is 23.3 Å². The van der Waals surface area contributed by atoms with Gasteiger partial charge in [0.05, 0.1) is 6.10 Å². The molecule has 0 aliphatic heterocycles. The molecule has 21 heavy (non-hydrogen) atoms. The lowest BCUT2D eigenvalue weighted by molar-refractivity contribution is 0.111. The molecular weight excluding hydrogens is 276 g/mol. The van der Waals surface area contributed by atoms with Gasteiger partial charge in [0.25, 0.3) is 0 Å². The first-order chi connectivity index (χ1) is 10.1. The molecule has 1 fully saturated rings. The first kappa shape index (κ1) is 15.9. The molecule has 0 amide bonds. The minimum absolute atomic E-state index is 0.0832. The van der Waals surface area contributed by atoms with Gasteiger partial charge in [-0.05, 0) is 38.0 Å². The van der Waals surface area contributed by atoms with Crippen LogP contribution in [0.25, 0.3) is 0 Å². The largest absolute Gasteiger partial charge is 0.393 e. The fraction of sp³-hybridized carbons (Fsp3) is 0.667. The Kier molecular flexibility index (Phi) is 5.73. The van der Waals surface area contributed by atoms with Crippen molar-refractivity contribution in [2.75, 3.05) is 23.7 Å². The molecular formula is C15H23F2N3O. The second kappa shape index (κ2) is 7.54. The molecule has 0 aromatic carbocycles. The minimum atomic E-state index is -0.676. The van der Waals surface area contributed by atoms with Crippen molar-refractivity contribution in [2.45, 2.75) is 45.1 Å². The molecule has 0 unspecified atom stereocenters. The summed E-state index contributed by atoms with van der Waals surface area (Å²) in [6, 6.07) is 0.859. The second-order valence-corrected chi connectivity index (χ2v) is 5.63. The summed E-state index contributed by atoms with van der Waals surface area (Å²) in [5.74, 6) is -0.787. The third-order valence-corrected chi connectivity index (χ3v) is 3.85. The molecule has 1 aromatic heterocycles. The van der Waals surface area contributed by atoms with E-state index in [0.717, 1.165) is 38.2 Å². The molecule has 0 bridgehead atoms. The van der Waals surface area contributed by atoms with E-state index in [1.165, 1.54) is 0 Å². The van der Waals surface area contributed by atoms with E-state index in [1.807, 2.05) is 6.92 Å². The fourth-order valence-electron chi connectivity index (χ4n) is 2.55. The number of rotatable bonds is 6. The van der Waals surface area contributed by atoms with Crippen molar-refractivity contribution in [3.8, 4) is 0 Å². The lowest BCUT2D eigenvalue weighted by Crippen LogP contribution is -2.24. The summed E-state index contributed by atoms with van der Waals surface area (Å²) in [5.41, 5.74) is 0. The van der Waals surface area contributed by atoms with Crippen molar-refractivity contribution < 1.29 is 13.9 Å². The smallest absolute Gasteiger partial charge is 0.168 e. The monoisotopic (exact) mass is 299 g/mol. The highest BCUT2D eigenvalue weighted by atomic mass is 19.1. The molecule has 1 aliphatic rings. The maximum absolute atomic E-state index is 13.7. The average Bonchev–Trinajstić information content (AvgIpc) is 2.47. The van der Waals surface area contributed by atoms with E-state index in [2.05, 4.69) is 15.6 Å². The minimum Gasteiger partial charge on any atom is -0.393 e. The SMILES string of the molecule is CCCNc1nc(NCC2CCC(O)CC2)c(F)cc1F. The van der Waals surface area contributed by atoms with E-state index < -0.39 is 11.6 Å². The summed E-state index contributed by atoms with van der Waals surface area (Å²) in [6.07, 6.45) is 4.04. The number of anilines is 2. The molecule has 0 radical (unpaired) electrons. The molecule has 0 saturated heterocycles. The number of pyridine rings is 1. The zero-order chi connectivity index (χ0) is 15.2. The molecule has 1 aliphatic carbocycles. The van der Waals surface area contributed by atoms with Crippen LogP contribution < -0.4 is 10.6 Å². The zero-order valence-electron chi connectivity index (χ0n) is 12.3. The van der Waals surface area contributed by atoms with Crippen molar-refractivity contribution in [3.63, 3.8) is 0 Å². The topological polar surface area (TPSA) is 57.2 Å². The molecule has 0 atom stereocenters. The molecule has 2 rings (SSSR count). The molecule has 6 heteroatoms. The van der Waals surface area contributed by atoms with Crippen molar-refractivity contribution >= 4 is 11.6 Å². The molecule has 1 heterocycles. The van der Waals surface area contributed by atoms with E-state index in [0.29, 0.717) is 19.0 Å². The van der Waals surface area contributed by atoms with E-state index in [4.69, 9.17) is 0 Å². The van der Waals surface area contributed by atoms with E-state index in [1.54, 1.807) is 0 Å². The lowest BCUT2D eigenvalue weighted by atomic mass is 9.87.